The van der Waals surface area contributed by atoms with Gasteiger partial charge in [0.05, 0.1) is 0 Å². The van der Waals surface area contributed by atoms with Crippen molar-refractivity contribution in [3.8, 4) is 0 Å². The Kier molecular flexibility index (Phi) is 6.27. The van der Waals surface area contributed by atoms with Crippen LogP contribution in [0.1, 0.15) is 72.1 Å². The molecule has 0 aromatic carbocycles. The molecule has 1 unspecified atom stereocenters. The van der Waals surface area contributed by atoms with Crippen LogP contribution in [-0.4, -0.2) is 31.4 Å². The summed E-state index contributed by atoms with van der Waals surface area (Å²) in [5.74, 6) is 0. The van der Waals surface area contributed by atoms with Gasteiger partial charge in [-0.05, 0) is 32.6 Å². The second kappa shape index (κ2) is 7.04. The molecule has 1 rings (SSSR count). The average Bonchev–Trinajstić information content (AvgIpc) is 2.38. The van der Waals surface area contributed by atoms with Crippen LogP contribution in [0.2, 0.25) is 0 Å². The Morgan fingerprint density at radius 3 is 2.26 bits per heavy atom. The first-order chi connectivity index (χ1) is 8.84. The lowest BCUT2D eigenvalue weighted by atomic mass is 9.95. The SMILES string of the molecule is CCCC(C)(CC)NS(=O)(=O)N(C)C1CCCCC1. The molecule has 1 fully saturated rings. The summed E-state index contributed by atoms with van der Waals surface area (Å²) in [6.45, 7) is 6.13. The van der Waals surface area contributed by atoms with E-state index < -0.39 is 10.2 Å². The van der Waals surface area contributed by atoms with Crippen LogP contribution < -0.4 is 4.72 Å². The van der Waals surface area contributed by atoms with Gasteiger partial charge in [-0.25, -0.2) is 0 Å². The van der Waals surface area contributed by atoms with Gasteiger partial charge in [-0.3, -0.25) is 0 Å². The zero-order valence-electron chi connectivity index (χ0n) is 12.9. The molecule has 0 aromatic rings. The molecule has 0 amide bonds. The van der Waals surface area contributed by atoms with Gasteiger partial charge in [-0.1, -0.05) is 39.5 Å². The molecule has 1 aliphatic rings. The molecule has 0 radical (unpaired) electrons. The number of hydrogen-bond acceptors (Lipinski definition) is 2. The molecule has 1 N–H and O–H groups in total. The molecule has 0 heterocycles. The largest absolute Gasteiger partial charge is 0.279 e. The molecule has 4 nitrogen and oxygen atoms in total. The Morgan fingerprint density at radius 2 is 1.79 bits per heavy atom. The van der Waals surface area contributed by atoms with Gasteiger partial charge >= 0.3 is 0 Å². The molecule has 19 heavy (non-hydrogen) atoms. The van der Waals surface area contributed by atoms with Crippen molar-refractivity contribution in [2.75, 3.05) is 7.05 Å². The molecule has 1 saturated carbocycles. The van der Waals surface area contributed by atoms with Gasteiger partial charge in [0, 0.05) is 18.6 Å². The van der Waals surface area contributed by atoms with E-state index in [9.17, 15) is 8.42 Å². The summed E-state index contributed by atoms with van der Waals surface area (Å²) in [5, 5.41) is 0. The Bertz CT molecular complexity index is 364. The van der Waals surface area contributed by atoms with E-state index in [2.05, 4.69) is 11.6 Å². The maximum absolute atomic E-state index is 12.5. The molecule has 1 aliphatic carbocycles. The lowest BCUT2D eigenvalue weighted by molar-refractivity contribution is 0.272. The van der Waals surface area contributed by atoms with Crippen LogP contribution in [0, 0.1) is 0 Å². The van der Waals surface area contributed by atoms with E-state index >= 15 is 0 Å². The monoisotopic (exact) mass is 290 g/mol. The second-order valence-corrected chi connectivity index (χ2v) is 7.81. The van der Waals surface area contributed by atoms with Gasteiger partial charge in [0.1, 0.15) is 0 Å². The quantitative estimate of drug-likeness (QED) is 0.783. The van der Waals surface area contributed by atoms with Crippen molar-refractivity contribution in [1.29, 1.82) is 0 Å². The fourth-order valence-corrected chi connectivity index (χ4v) is 4.49. The molecule has 114 valence electrons. The average molecular weight is 290 g/mol. The van der Waals surface area contributed by atoms with Crippen molar-refractivity contribution in [3.63, 3.8) is 0 Å². The van der Waals surface area contributed by atoms with Gasteiger partial charge in [-0.2, -0.15) is 17.4 Å². The van der Waals surface area contributed by atoms with Crippen molar-refractivity contribution in [2.45, 2.75) is 83.7 Å². The number of hydrogen-bond donors (Lipinski definition) is 1. The number of nitrogens with one attached hydrogen (secondary N) is 1. The lowest BCUT2D eigenvalue weighted by Crippen LogP contribution is -2.53. The van der Waals surface area contributed by atoms with Gasteiger partial charge in [0.25, 0.3) is 10.2 Å². The van der Waals surface area contributed by atoms with Crippen LogP contribution >= 0.6 is 0 Å². The molecule has 0 spiro atoms. The molecular formula is C14H30N2O2S. The first-order valence-corrected chi connectivity index (χ1v) is 9.05. The van der Waals surface area contributed by atoms with Gasteiger partial charge in [0.2, 0.25) is 0 Å². The maximum atomic E-state index is 12.5. The third-order valence-corrected chi connectivity index (χ3v) is 6.23. The fourth-order valence-electron chi connectivity index (χ4n) is 2.88. The first-order valence-electron chi connectivity index (χ1n) is 7.61. The summed E-state index contributed by atoms with van der Waals surface area (Å²) < 4.78 is 29.5. The summed E-state index contributed by atoms with van der Waals surface area (Å²) in [7, 11) is -1.65. The normalized spacial score (nSPS) is 21.5. The minimum Gasteiger partial charge on any atom is -0.196 e. The van der Waals surface area contributed by atoms with Crippen molar-refractivity contribution in [3.05, 3.63) is 0 Å². The summed E-state index contributed by atoms with van der Waals surface area (Å²) in [6, 6.07) is 0.175. The molecule has 0 bridgehead atoms. The topological polar surface area (TPSA) is 49.4 Å². The van der Waals surface area contributed by atoms with Crippen LogP contribution in [0.5, 0.6) is 0 Å². The highest BCUT2D eigenvalue weighted by Gasteiger charge is 2.33. The minimum atomic E-state index is -3.37. The summed E-state index contributed by atoms with van der Waals surface area (Å²) in [6.07, 6.45) is 8.19. The summed E-state index contributed by atoms with van der Waals surface area (Å²) in [4.78, 5) is 0. The highest BCUT2D eigenvalue weighted by Crippen LogP contribution is 2.25. The van der Waals surface area contributed by atoms with E-state index in [4.69, 9.17) is 0 Å². The second-order valence-electron chi connectivity index (χ2n) is 6.08. The minimum absolute atomic E-state index is 0.175. The van der Waals surface area contributed by atoms with Crippen molar-refractivity contribution in [2.24, 2.45) is 0 Å². The molecule has 0 aromatic heterocycles. The smallest absolute Gasteiger partial charge is 0.196 e. The molecule has 1 atom stereocenters. The number of rotatable bonds is 7. The maximum Gasteiger partial charge on any atom is 0.279 e. The highest BCUT2D eigenvalue weighted by atomic mass is 32.2. The zero-order valence-corrected chi connectivity index (χ0v) is 13.7. The Morgan fingerprint density at radius 1 is 1.21 bits per heavy atom. The summed E-state index contributed by atoms with van der Waals surface area (Å²) >= 11 is 0. The van der Waals surface area contributed by atoms with Crippen molar-refractivity contribution < 1.29 is 8.42 Å². The Balaban J connectivity index is 2.73. The van der Waals surface area contributed by atoms with Crippen LogP contribution in [0.3, 0.4) is 0 Å². The standard InChI is InChI=1S/C14H30N2O2S/c1-5-12-14(3,6-2)15-19(17,18)16(4)13-10-8-7-9-11-13/h13,15H,5-12H2,1-4H3. The van der Waals surface area contributed by atoms with Gasteiger partial charge < -0.3 is 0 Å². The Hall–Kier alpha value is -0.130. The van der Waals surface area contributed by atoms with Crippen LogP contribution in [0.15, 0.2) is 0 Å². The predicted molar refractivity (Wildman–Crippen MR) is 80.3 cm³/mol. The van der Waals surface area contributed by atoms with Crippen molar-refractivity contribution >= 4 is 10.2 Å². The molecule has 0 aliphatic heterocycles. The van der Waals surface area contributed by atoms with E-state index in [-0.39, 0.29) is 11.6 Å². The van der Waals surface area contributed by atoms with E-state index in [1.807, 2.05) is 13.8 Å². The lowest BCUT2D eigenvalue weighted by Gasteiger charge is -2.35. The van der Waals surface area contributed by atoms with Crippen LogP contribution in [0.25, 0.3) is 0 Å². The van der Waals surface area contributed by atoms with E-state index in [0.717, 1.165) is 44.9 Å². The highest BCUT2D eigenvalue weighted by molar-refractivity contribution is 7.87. The van der Waals surface area contributed by atoms with Crippen LogP contribution in [0.4, 0.5) is 0 Å². The third kappa shape index (κ3) is 4.72. The zero-order chi connectivity index (χ0) is 14.5. The molecular weight excluding hydrogens is 260 g/mol. The molecule has 5 heteroatoms. The predicted octanol–water partition coefficient (Wildman–Crippen LogP) is 3.05. The fraction of sp³-hybridized carbons (Fsp3) is 1.00. The van der Waals surface area contributed by atoms with E-state index in [0.29, 0.717) is 0 Å². The van der Waals surface area contributed by atoms with Crippen molar-refractivity contribution in [1.82, 2.24) is 9.03 Å². The number of nitrogens with zero attached hydrogens (tertiary/aromatic N) is 1. The van der Waals surface area contributed by atoms with Gasteiger partial charge in [-0.15, -0.1) is 0 Å². The Labute approximate surface area is 119 Å². The van der Waals surface area contributed by atoms with E-state index in [1.165, 1.54) is 6.42 Å². The first kappa shape index (κ1) is 16.9. The molecule has 0 saturated heterocycles. The van der Waals surface area contributed by atoms with Gasteiger partial charge in [0.15, 0.2) is 0 Å². The van der Waals surface area contributed by atoms with Crippen LogP contribution in [-0.2, 0) is 10.2 Å². The van der Waals surface area contributed by atoms with E-state index in [1.54, 1.807) is 11.4 Å². The third-order valence-electron chi connectivity index (χ3n) is 4.43. The summed E-state index contributed by atoms with van der Waals surface area (Å²) in [5.41, 5.74) is -0.323.